The van der Waals surface area contributed by atoms with Crippen LogP contribution in [0.1, 0.15) is 44.1 Å². The molecule has 0 unspecified atom stereocenters. The molecule has 2 aliphatic rings. The Morgan fingerprint density at radius 1 is 1.18 bits per heavy atom. The SMILES string of the molecule is [C-]#[N+]c1cnc(NC2CCN(S(C)(=O)=O)CC2)nc1-c1cnn(-c2ccc(CN[C@@H]3CCCC[C@H]3O)cc2Cl)c1. The summed E-state index contributed by atoms with van der Waals surface area (Å²) in [6.07, 6.45) is 11.1. The number of benzene rings is 1. The van der Waals surface area contributed by atoms with Crippen LogP contribution in [-0.4, -0.2) is 75.1 Å². The number of aliphatic hydroxyl groups is 1. The Labute approximate surface area is 239 Å². The highest BCUT2D eigenvalue weighted by Crippen LogP contribution is 2.31. The largest absolute Gasteiger partial charge is 0.392 e. The highest BCUT2D eigenvalue weighted by Gasteiger charge is 2.26. The van der Waals surface area contributed by atoms with Crippen LogP contribution in [0.25, 0.3) is 21.8 Å². The minimum atomic E-state index is -3.20. The molecular weight excluding hydrogens is 552 g/mol. The molecular formula is C27H33ClN8O3S. The lowest BCUT2D eigenvalue weighted by atomic mass is 9.92. The molecule has 1 aliphatic carbocycles. The lowest BCUT2D eigenvalue weighted by Crippen LogP contribution is -2.42. The van der Waals surface area contributed by atoms with Crippen LogP contribution < -0.4 is 10.6 Å². The summed E-state index contributed by atoms with van der Waals surface area (Å²) >= 11 is 6.64. The van der Waals surface area contributed by atoms with Crippen molar-refractivity contribution < 1.29 is 13.5 Å². The van der Waals surface area contributed by atoms with E-state index in [1.54, 1.807) is 17.1 Å². The van der Waals surface area contributed by atoms with Crippen molar-refractivity contribution in [1.29, 1.82) is 0 Å². The van der Waals surface area contributed by atoms with Gasteiger partial charge in [0, 0.05) is 49.7 Å². The van der Waals surface area contributed by atoms with Crippen LogP contribution in [0.5, 0.6) is 0 Å². The van der Waals surface area contributed by atoms with Crippen molar-refractivity contribution >= 4 is 33.3 Å². The van der Waals surface area contributed by atoms with E-state index < -0.39 is 10.0 Å². The molecule has 13 heteroatoms. The fourth-order valence-corrected chi connectivity index (χ4v) is 6.44. The van der Waals surface area contributed by atoms with Crippen molar-refractivity contribution in [2.45, 2.75) is 63.3 Å². The molecule has 3 N–H and O–H groups in total. The summed E-state index contributed by atoms with van der Waals surface area (Å²) in [5.41, 5.74) is 3.12. The first-order chi connectivity index (χ1) is 19.2. The number of anilines is 1. The molecule has 1 aromatic carbocycles. The average molecular weight is 585 g/mol. The molecule has 2 aromatic heterocycles. The molecule has 1 saturated carbocycles. The Morgan fingerprint density at radius 3 is 2.65 bits per heavy atom. The average Bonchev–Trinajstić information content (AvgIpc) is 3.42. The van der Waals surface area contributed by atoms with Gasteiger partial charge in [-0.2, -0.15) is 5.10 Å². The van der Waals surface area contributed by atoms with Crippen LogP contribution in [0.2, 0.25) is 5.02 Å². The summed E-state index contributed by atoms with van der Waals surface area (Å²) < 4.78 is 26.7. The van der Waals surface area contributed by atoms with Crippen LogP contribution in [0.4, 0.5) is 11.6 Å². The van der Waals surface area contributed by atoms with E-state index in [1.807, 2.05) is 18.2 Å². The van der Waals surface area contributed by atoms with Gasteiger partial charge >= 0.3 is 0 Å². The van der Waals surface area contributed by atoms with Crippen LogP contribution in [0.15, 0.2) is 36.8 Å². The van der Waals surface area contributed by atoms with Gasteiger partial charge in [0.15, 0.2) is 0 Å². The number of hydrogen-bond acceptors (Lipinski definition) is 8. The van der Waals surface area contributed by atoms with E-state index in [2.05, 4.69) is 30.5 Å². The second-order valence-corrected chi connectivity index (χ2v) is 12.8. The van der Waals surface area contributed by atoms with Gasteiger partial charge in [0.2, 0.25) is 21.7 Å². The molecule has 0 radical (unpaired) electrons. The lowest BCUT2D eigenvalue weighted by Gasteiger charge is -2.30. The highest BCUT2D eigenvalue weighted by atomic mass is 35.5. The predicted octanol–water partition coefficient (Wildman–Crippen LogP) is 3.76. The van der Waals surface area contributed by atoms with Crippen LogP contribution in [0, 0.1) is 6.57 Å². The van der Waals surface area contributed by atoms with E-state index in [-0.39, 0.29) is 18.2 Å². The van der Waals surface area contributed by atoms with Gasteiger partial charge in [-0.15, -0.1) is 0 Å². The second kappa shape index (κ2) is 12.2. The highest BCUT2D eigenvalue weighted by molar-refractivity contribution is 7.88. The molecule has 3 heterocycles. The molecule has 3 aromatic rings. The Hall–Kier alpha value is -3.08. The van der Waals surface area contributed by atoms with Crippen molar-refractivity contribution in [3.8, 4) is 16.9 Å². The fourth-order valence-electron chi connectivity index (χ4n) is 5.27. The van der Waals surface area contributed by atoms with E-state index in [4.69, 9.17) is 18.2 Å². The Kier molecular flexibility index (Phi) is 8.68. The van der Waals surface area contributed by atoms with E-state index in [1.165, 1.54) is 16.8 Å². The number of hydrogen-bond donors (Lipinski definition) is 3. The van der Waals surface area contributed by atoms with E-state index >= 15 is 0 Å². The molecule has 5 rings (SSSR count). The third-order valence-corrected chi connectivity index (χ3v) is 9.16. The number of nitrogens with one attached hydrogen (secondary N) is 2. The Morgan fingerprint density at radius 2 is 1.95 bits per heavy atom. The number of sulfonamides is 1. The molecule has 1 saturated heterocycles. The molecule has 212 valence electrons. The molecule has 0 amide bonds. The topological polar surface area (TPSA) is 130 Å². The molecule has 11 nitrogen and oxygen atoms in total. The zero-order chi connectivity index (χ0) is 28.3. The monoisotopic (exact) mass is 584 g/mol. The summed E-state index contributed by atoms with van der Waals surface area (Å²) in [5, 5.41) is 22.0. The van der Waals surface area contributed by atoms with Crippen LogP contribution in [0.3, 0.4) is 0 Å². The minimum Gasteiger partial charge on any atom is -0.392 e. The van der Waals surface area contributed by atoms with Gasteiger partial charge in [0.25, 0.3) is 0 Å². The number of halogens is 1. The quantitative estimate of drug-likeness (QED) is 0.341. The Balaban J connectivity index is 1.28. The van der Waals surface area contributed by atoms with Crippen molar-refractivity contribution in [3.63, 3.8) is 0 Å². The first-order valence-corrected chi connectivity index (χ1v) is 15.7. The van der Waals surface area contributed by atoms with Crippen molar-refractivity contribution in [1.82, 2.24) is 29.4 Å². The fraction of sp³-hybridized carbons (Fsp3) is 0.481. The van der Waals surface area contributed by atoms with E-state index in [0.29, 0.717) is 66.1 Å². The second-order valence-electron chi connectivity index (χ2n) is 10.4. The third kappa shape index (κ3) is 6.62. The number of aromatic nitrogens is 4. The number of aliphatic hydroxyl groups excluding tert-OH is 1. The molecule has 2 atom stereocenters. The van der Waals surface area contributed by atoms with Gasteiger partial charge in [-0.1, -0.05) is 30.5 Å². The molecule has 0 spiro atoms. The maximum absolute atomic E-state index is 11.8. The maximum atomic E-state index is 11.8. The van der Waals surface area contributed by atoms with Crippen molar-refractivity contribution in [2.75, 3.05) is 24.7 Å². The van der Waals surface area contributed by atoms with Gasteiger partial charge in [0.1, 0.15) is 0 Å². The Bertz CT molecular complexity index is 1500. The summed E-state index contributed by atoms with van der Waals surface area (Å²) in [4.78, 5) is 12.5. The first-order valence-electron chi connectivity index (χ1n) is 13.4. The van der Waals surface area contributed by atoms with Crippen LogP contribution >= 0.6 is 11.6 Å². The zero-order valence-electron chi connectivity index (χ0n) is 22.3. The van der Waals surface area contributed by atoms with E-state index in [0.717, 1.165) is 31.2 Å². The minimum absolute atomic E-state index is 0.0283. The van der Waals surface area contributed by atoms with Gasteiger partial charge in [-0.25, -0.2) is 32.2 Å². The summed E-state index contributed by atoms with van der Waals surface area (Å²) in [5.74, 6) is 0.380. The number of piperidine rings is 1. The van der Waals surface area contributed by atoms with Gasteiger partial charge in [0.05, 0.1) is 41.5 Å². The zero-order valence-corrected chi connectivity index (χ0v) is 23.9. The maximum Gasteiger partial charge on any atom is 0.231 e. The van der Waals surface area contributed by atoms with Gasteiger partial charge in [-0.05, 0) is 43.4 Å². The first kappa shape index (κ1) is 28.4. The summed E-state index contributed by atoms with van der Waals surface area (Å²) in [6, 6.07) is 5.91. The smallest absolute Gasteiger partial charge is 0.231 e. The normalized spacial score (nSPS) is 20.8. The summed E-state index contributed by atoms with van der Waals surface area (Å²) in [6.45, 7) is 9.08. The molecule has 40 heavy (non-hydrogen) atoms. The predicted molar refractivity (Wildman–Crippen MR) is 154 cm³/mol. The molecule has 2 fully saturated rings. The van der Waals surface area contributed by atoms with Crippen LogP contribution in [-0.2, 0) is 16.6 Å². The molecule has 1 aliphatic heterocycles. The van der Waals surface area contributed by atoms with Crippen molar-refractivity contribution in [2.24, 2.45) is 0 Å². The van der Waals surface area contributed by atoms with Gasteiger partial charge < -0.3 is 15.7 Å². The standard InChI is InChI=1S/C27H33ClN8O3S/c1-29-23-16-31-27(33-20-9-11-35(12-10-20)40(2,38)39)34-26(23)19-15-32-36(17-19)24-8-7-18(13-21(24)28)14-30-22-5-3-4-6-25(22)37/h7-8,13,15-17,20,22,25,30,37H,3-6,9-12,14H2,2H3,(H,31,33,34)/t22-,25-/m1/s1. The van der Waals surface area contributed by atoms with Crippen molar-refractivity contribution in [3.05, 3.63) is 58.8 Å². The third-order valence-electron chi connectivity index (χ3n) is 7.56. The van der Waals surface area contributed by atoms with Gasteiger partial charge in [-0.3, -0.25) is 0 Å². The van der Waals surface area contributed by atoms with E-state index in [9.17, 15) is 13.5 Å². The lowest BCUT2D eigenvalue weighted by molar-refractivity contribution is 0.0902. The number of rotatable bonds is 8. The molecule has 0 bridgehead atoms. The number of nitrogens with zero attached hydrogens (tertiary/aromatic N) is 6. The summed E-state index contributed by atoms with van der Waals surface area (Å²) in [7, 11) is -3.20.